The second-order valence-corrected chi connectivity index (χ2v) is 4.64. The molecule has 1 radical (unpaired) electrons. The normalized spacial score (nSPS) is 9.95. The molecule has 0 aliphatic carbocycles. The Morgan fingerprint density at radius 3 is 2.33 bits per heavy atom. The standard InChI is InChI=1S/C17H13N2O.Y/c1-12-7-9-14(10-8-12)16-15(11-18-19-17(16)20)13-5-3-2-4-6-13;/h3-11H,1H3,(H,19,20);/q-1;. The van der Waals surface area contributed by atoms with Crippen molar-refractivity contribution < 1.29 is 32.7 Å². The van der Waals surface area contributed by atoms with Crippen LogP contribution in [0, 0.1) is 13.0 Å². The van der Waals surface area contributed by atoms with Crippen molar-refractivity contribution in [1.82, 2.24) is 10.2 Å². The van der Waals surface area contributed by atoms with Gasteiger partial charge in [0.05, 0.1) is 11.8 Å². The molecule has 1 N–H and O–H groups in total. The van der Waals surface area contributed by atoms with Gasteiger partial charge in [-0.05, 0) is 18.1 Å². The second kappa shape index (κ2) is 6.92. The summed E-state index contributed by atoms with van der Waals surface area (Å²) in [7, 11) is 0. The Balaban J connectivity index is 0.00000161. The van der Waals surface area contributed by atoms with E-state index in [0.717, 1.165) is 22.3 Å². The maximum absolute atomic E-state index is 12.2. The van der Waals surface area contributed by atoms with Gasteiger partial charge in [-0.25, -0.2) is 5.10 Å². The second-order valence-electron chi connectivity index (χ2n) is 4.64. The van der Waals surface area contributed by atoms with Crippen LogP contribution in [-0.2, 0) is 32.7 Å². The molecule has 0 saturated carbocycles. The van der Waals surface area contributed by atoms with Crippen molar-refractivity contribution in [3.63, 3.8) is 0 Å². The van der Waals surface area contributed by atoms with Gasteiger partial charge in [-0.2, -0.15) is 35.4 Å². The summed E-state index contributed by atoms with van der Waals surface area (Å²) >= 11 is 0. The Labute approximate surface area is 148 Å². The van der Waals surface area contributed by atoms with Crippen molar-refractivity contribution in [2.45, 2.75) is 6.92 Å². The summed E-state index contributed by atoms with van der Waals surface area (Å²) in [5.41, 5.74) is 4.30. The molecule has 3 nitrogen and oxygen atoms in total. The molecule has 3 aromatic rings. The number of aromatic amines is 1. The smallest absolute Gasteiger partial charge is 0.267 e. The number of H-pyrrole nitrogens is 1. The van der Waals surface area contributed by atoms with E-state index in [1.54, 1.807) is 6.20 Å². The van der Waals surface area contributed by atoms with Gasteiger partial charge in [0.1, 0.15) is 0 Å². The van der Waals surface area contributed by atoms with Crippen LogP contribution in [0.25, 0.3) is 22.3 Å². The SMILES string of the molecule is Cc1ccc(-c2c(-c3cc[c-]cc3)cn[nH]c2=O)cc1.[Y]. The van der Waals surface area contributed by atoms with Gasteiger partial charge in [0, 0.05) is 32.7 Å². The number of hydrogen-bond acceptors (Lipinski definition) is 2. The Kier molecular flexibility index (Phi) is 5.21. The summed E-state index contributed by atoms with van der Waals surface area (Å²) in [6, 6.07) is 18.4. The molecule has 0 atom stereocenters. The molecule has 0 amide bonds. The van der Waals surface area contributed by atoms with Crippen molar-refractivity contribution >= 4 is 0 Å². The fraction of sp³-hybridized carbons (Fsp3) is 0.0588. The molecule has 4 heteroatoms. The van der Waals surface area contributed by atoms with Gasteiger partial charge >= 0.3 is 0 Å². The summed E-state index contributed by atoms with van der Waals surface area (Å²) in [6.45, 7) is 2.02. The minimum absolute atomic E-state index is 0. The van der Waals surface area contributed by atoms with E-state index < -0.39 is 0 Å². The minimum Gasteiger partial charge on any atom is -0.267 e. The molecular weight excluding hydrogens is 337 g/mol. The van der Waals surface area contributed by atoms with E-state index in [1.165, 1.54) is 0 Å². The molecular formula is C17H13N2OY-. The van der Waals surface area contributed by atoms with E-state index in [4.69, 9.17) is 0 Å². The molecule has 101 valence electrons. The van der Waals surface area contributed by atoms with Crippen molar-refractivity contribution in [2.24, 2.45) is 0 Å². The van der Waals surface area contributed by atoms with Crippen molar-refractivity contribution in [2.75, 3.05) is 0 Å². The predicted octanol–water partition coefficient (Wildman–Crippen LogP) is 3.21. The molecule has 1 heterocycles. The number of nitrogens with one attached hydrogen (secondary N) is 1. The van der Waals surface area contributed by atoms with Gasteiger partial charge in [0.2, 0.25) is 0 Å². The van der Waals surface area contributed by atoms with Crippen LogP contribution in [0.3, 0.4) is 0 Å². The zero-order chi connectivity index (χ0) is 13.9. The fourth-order valence-electron chi connectivity index (χ4n) is 2.19. The maximum Gasteiger partial charge on any atom is 0.272 e. The Bertz CT molecular complexity index is 780. The summed E-state index contributed by atoms with van der Waals surface area (Å²) < 4.78 is 0. The van der Waals surface area contributed by atoms with E-state index in [1.807, 2.05) is 55.5 Å². The largest absolute Gasteiger partial charge is 0.272 e. The van der Waals surface area contributed by atoms with Crippen LogP contribution in [0.4, 0.5) is 0 Å². The molecule has 0 unspecified atom stereocenters. The van der Waals surface area contributed by atoms with Crippen LogP contribution in [-0.4, -0.2) is 10.2 Å². The van der Waals surface area contributed by atoms with E-state index in [0.29, 0.717) is 5.56 Å². The monoisotopic (exact) mass is 350 g/mol. The van der Waals surface area contributed by atoms with E-state index in [-0.39, 0.29) is 38.3 Å². The zero-order valence-corrected chi connectivity index (χ0v) is 14.5. The molecule has 0 fully saturated rings. The summed E-state index contributed by atoms with van der Waals surface area (Å²) in [5, 5.41) is 6.43. The van der Waals surface area contributed by atoms with Crippen molar-refractivity contribution in [3.05, 3.63) is 76.7 Å². The minimum atomic E-state index is -0.181. The molecule has 21 heavy (non-hydrogen) atoms. The molecule has 0 bridgehead atoms. The average Bonchev–Trinajstić information content (AvgIpc) is 2.49. The van der Waals surface area contributed by atoms with Crippen LogP contribution < -0.4 is 5.56 Å². The molecule has 0 saturated heterocycles. The van der Waals surface area contributed by atoms with Crippen LogP contribution in [0.5, 0.6) is 0 Å². The van der Waals surface area contributed by atoms with E-state index in [2.05, 4.69) is 16.3 Å². The molecule has 0 aliphatic rings. The first-order chi connectivity index (χ1) is 9.75. The van der Waals surface area contributed by atoms with Gasteiger partial charge < -0.3 is 0 Å². The van der Waals surface area contributed by atoms with E-state index >= 15 is 0 Å². The van der Waals surface area contributed by atoms with E-state index in [9.17, 15) is 4.79 Å². The third kappa shape index (κ3) is 3.37. The number of benzene rings is 2. The predicted molar refractivity (Wildman–Crippen MR) is 79.3 cm³/mol. The third-order valence-corrected chi connectivity index (χ3v) is 3.23. The topological polar surface area (TPSA) is 45.8 Å². The van der Waals surface area contributed by atoms with Gasteiger partial charge in [-0.15, -0.1) is 5.56 Å². The summed E-state index contributed by atoms with van der Waals surface area (Å²) in [6.07, 6.45) is 1.69. The van der Waals surface area contributed by atoms with Gasteiger partial charge in [-0.3, -0.25) is 4.79 Å². The number of hydrogen-bond donors (Lipinski definition) is 1. The first-order valence-electron chi connectivity index (χ1n) is 6.37. The Hall–Kier alpha value is -1.58. The number of aromatic nitrogens is 2. The number of rotatable bonds is 2. The zero-order valence-electron chi connectivity index (χ0n) is 11.6. The fourth-order valence-corrected chi connectivity index (χ4v) is 2.19. The number of aryl methyl sites for hydroxylation is 1. The van der Waals surface area contributed by atoms with Crippen LogP contribution in [0.2, 0.25) is 0 Å². The van der Waals surface area contributed by atoms with Crippen LogP contribution in [0.15, 0.2) is 59.5 Å². The van der Waals surface area contributed by atoms with Gasteiger partial charge in [-0.1, -0.05) is 29.8 Å². The molecule has 0 spiro atoms. The summed E-state index contributed by atoms with van der Waals surface area (Å²) in [5.74, 6) is 0. The molecule has 0 aliphatic heterocycles. The Morgan fingerprint density at radius 1 is 1.00 bits per heavy atom. The van der Waals surface area contributed by atoms with Crippen molar-refractivity contribution in [3.8, 4) is 22.3 Å². The van der Waals surface area contributed by atoms with Crippen LogP contribution in [0.1, 0.15) is 5.56 Å². The first kappa shape index (κ1) is 15.8. The maximum atomic E-state index is 12.2. The first-order valence-corrected chi connectivity index (χ1v) is 6.37. The molecule has 2 aromatic carbocycles. The summed E-state index contributed by atoms with van der Waals surface area (Å²) in [4.78, 5) is 12.2. The number of nitrogens with zero attached hydrogens (tertiary/aromatic N) is 1. The quantitative estimate of drug-likeness (QED) is 0.722. The van der Waals surface area contributed by atoms with Gasteiger partial charge in [0.25, 0.3) is 5.56 Å². The molecule has 1 aromatic heterocycles. The van der Waals surface area contributed by atoms with Crippen molar-refractivity contribution in [1.29, 1.82) is 0 Å². The molecule has 3 rings (SSSR count). The van der Waals surface area contributed by atoms with Gasteiger partial charge in [0.15, 0.2) is 0 Å². The third-order valence-electron chi connectivity index (χ3n) is 3.23. The van der Waals surface area contributed by atoms with Crippen LogP contribution >= 0.6 is 0 Å². The Morgan fingerprint density at radius 2 is 1.67 bits per heavy atom. The average molecular weight is 350 g/mol.